The first-order valence-corrected chi connectivity index (χ1v) is 5.71. The van der Waals surface area contributed by atoms with Gasteiger partial charge in [0, 0.05) is 17.7 Å². The molecule has 1 amide bonds. The van der Waals surface area contributed by atoms with Gasteiger partial charge in [-0.2, -0.15) is 0 Å². The minimum Gasteiger partial charge on any atom is -0.322 e. The number of carbonyl (C=O) groups excluding carboxylic acids is 1. The first-order chi connectivity index (χ1) is 8.15. The van der Waals surface area contributed by atoms with Crippen LogP contribution in [0.15, 0.2) is 12.1 Å². The molecule has 0 bridgehead atoms. The van der Waals surface area contributed by atoms with Crippen LogP contribution in [0.4, 0.5) is 14.5 Å². The van der Waals surface area contributed by atoms with Gasteiger partial charge >= 0.3 is 0 Å². The van der Waals surface area contributed by atoms with Crippen molar-refractivity contribution in [1.82, 2.24) is 5.32 Å². The smallest absolute Gasteiger partial charge is 0.246 e. The highest BCUT2D eigenvalue weighted by atomic mass is 19.1. The molecule has 0 saturated heterocycles. The third-order valence-corrected chi connectivity index (χ3v) is 3.41. The van der Waals surface area contributed by atoms with Crippen molar-refractivity contribution in [1.29, 1.82) is 0 Å². The lowest BCUT2D eigenvalue weighted by atomic mass is 9.91. The third-order valence-electron chi connectivity index (χ3n) is 3.41. The number of carbonyl (C=O) groups is 1. The lowest BCUT2D eigenvalue weighted by Crippen LogP contribution is -2.40. The van der Waals surface area contributed by atoms with Gasteiger partial charge in [-0.25, -0.2) is 8.78 Å². The Morgan fingerprint density at radius 2 is 2.06 bits per heavy atom. The molecule has 17 heavy (non-hydrogen) atoms. The van der Waals surface area contributed by atoms with Gasteiger partial charge < -0.3 is 5.32 Å². The van der Waals surface area contributed by atoms with Gasteiger partial charge in [0.1, 0.15) is 17.7 Å². The second-order valence-electron chi connectivity index (χ2n) is 4.57. The van der Waals surface area contributed by atoms with E-state index in [4.69, 9.17) is 0 Å². The van der Waals surface area contributed by atoms with Gasteiger partial charge in [-0.15, -0.1) is 0 Å². The number of hydrogen-bond donors (Lipinski definition) is 2. The Hall–Kier alpha value is -1.49. The molecule has 3 rings (SSSR count). The highest BCUT2D eigenvalue weighted by Gasteiger charge is 2.35. The predicted molar refractivity (Wildman–Crippen MR) is 58.5 cm³/mol. The molecule has 2 aliphatic rings. The van der Waals surface area contributed by atoms with Crippen LogP contribution < -0.4 is 10.6 Å². The van der Waals surface area contributed by atoms with Crippen molar-refractivity contribution in [3.8, 4) is 0 Å². The van der Waals surface area contributed by atoms with Gasteiger partial charge in [-0.3, -0.25) is 10.1 Å². The van der Waals surface area contributed by atoms with Crippen molar-refractivity contribution in [2.75, 3.05) is 5.32 Å². The van der Waals surface area contributed by atoms with Crippen molar-refractivity contribution in [3.05, 3.63) is 29.3 Å². The average molecular weight is 238 g/mol. The van der Waals surface area contributed by atoms with Crippen molar-refractivity contribution >= 4 is 11.6 Å². The maximum absolute atomic E-state index is 13.4. The summed E-state index contributed by atoms with van der Waals surface area (Å²) in [5, 5.41) is 5.58. The van der Waals surface area contributed by atoms with Crippen LogP contribution in [0.2, 0.25) is 0 Å². The Kier molecular flexibility index (Phi) is 2.36. The second-order valence-corrected chi connectivity index (χ2v) is 4.57. The molecule has 3 nitrogen and oxygen atoms in total. The Morgan fingerprint density at radius 1 is 1.29 bits per heavy atom. The van der Waals surface area contributed by atoms with E-state index in [0.717, 1.165) is 25.3 Å². The van der Waals surface area contributed by atoms with Crippen molar-refractivity contribution < 1.29 is 13.6 Å². The number of nitrogens with one attached hydrogen (secondary N) is 2. The Morgan fingerprint density at radius 3 is 2.71 bits per heavy atom. The molecule has 1 fully saturated rings. The summed E-state index contributed by atoms with van der Waals surface area (Å²) in [5.41, 5.74) is 0.479. The molecular weight excluding hydrogens is 226 g/mol. The van der Waals surface area contributed by atoms with E-state index in [1.54, 1.807) is 0 Å². The molecule has 1 unspecified atom stereocenters. The Bertz CT molecular complexity index is 486. The first kappa shape index (κ1) is 10.7. The van der Waals surface area contributed by atoms with Gasteiger partial charge in [0.15, 0.2) is 0 Å². The topological polar surface area (TPSA) is 41.1 Å². The predicted octanol–water partition coefficient (Wildman–Crippen LogP) is 2.10. The number of fused-ring (bicyclic) bond motifs is 1. The van der Waals surface area contributed by atoms with E-state index in [9.17, 15) is 13.6 Å². The SMILES string of the molecule is O=C1Nc2c(F)cc(F)cc2C1NC1CCC1. The quantitative estimate of drug-likeness (QED) is 0.828. The van der Waals surface area contributed by atoms with Crippen LogP contribution in [-0.4, -0.2) is 11.9 Å². The van der Waals surface area contributed by atoms with Gasteiger partial charge in [-0.1, -0.05) is 6.42 Å². The molecule has 1 aliphatic heterocycles. The molecule has 1 aliphatic carbocycles. The molecule has 0 spiro atoms. The van der Waals surface area contributed by atoms with Crippen LogP contribution in [0.3, 0.4) is 0 Å². The van der Waals surface area contributed by atoms with Crippen molar-refractivity contribution in [2.24, 2.45) is 0 Å². The Labute approximate surface area is 97.2 Å². The minimum atomic E-state index is -0.716. The standard InChI is InChI=1S/C12H12F2N2O/c13-6-4-8-10(9(14)5-6)16-12(17)11(8)15-7-2-1-3-7/h4-5,7,11,15H,1-3H2,(H,16,17). The van der Waals surface area contributed by atoms with Crippen molar-refractivity contribution in [3.63, 3.8) is 0 Å². The van der Waals surface area contributed by atoms with E-state index in [-0.39, 0.29) is 17.6 Å². The van der Waals surface area contributed by atoms with Crippen LogP contribution in [0, 0.1) is 11.6 Å². The molecule has 1 aromatic carbocycles. The molecule has 2 N–H and O–H groups in total. The highest BCUT2D eigenvalue weighted by molar-refractivity contribution is 6.02. The number of halogens is 2. The zero-order valence-electron chi connectivity index (χ0n) is 9.09. The fraction of sp³-hybridized carbons (Fsp3) is 0.417. The summed E-state index contributed by atoms with van der Waals surface area (Å²) >= 11 is 0. The number of benzene rings is 1. The van der Waals surface area contributed by atoms with E-state index < -0.39 is 17.7 Å². The zero-order valence-corrected chi connectivity index (χ0v) is 9.09. The summed E-state index contributed by atoms with van der Waals surface area (Å²) in [6.45, 7) is 0. The summed E-state index contributed by atoms with van der Waals surface area (Å²) in [5.74, 6) is -1.68. The number of anilines is 1. The molecule has 5 heteroatoms. The van der Waals surface area contributed by atoms with Crippen LogP contribution in [0.25, 0.3) is 0 Å². The van der Waals surface area contributed by atoms with E-state index >= 15 is 0 Å². The maximum Gasteiger partial charge on any atom is 0.246 e. The summed E-state index contributed by atoms with van der Waals surface area (Å²) in [4.78, 5) is 11.7. The van der Waals surface area contributed by atoms with Crippen LogP contribution in [-0.2, 0) is 4.79 Å². The zero-order chi connectivity index (χ0) is 12.0. The van der Waals surface area contributed by atoms with Gasteiger partial charge in [0.2, 0.25) is 5.91 Å². The normalized spacial score (nSPS) is 23.2. The fourth-order valence-electron chi connectivity index (χ4n) is 2.27. The Balaban J connectivity index is 1.94. The molecule has 1 heterocycles. The number of hydrogen-bond acceptors (Lipinski definition) is 2. The average Bonchev–Trinajstić information content (AvgIpc) is 2.49. The lowest BCUT2D eigenvalue weighted by molar-refractivity contribution is -0.118. The monoisotopic (exact) mass is 238 g/mol. The van der Waals surface area contributed by atoms with Crippen molar-refractivity contribution in [2.45, 2.75) is 31.3 Å². The number of amides is 1. The van der Waals surface area contributed by atoms with Gasteiger partial charge in [0.25, 0.3) is 0 Å². The van der Waals surface area contributed by atoms with Crippen LogP contribution >= 0.6 is 0 Å². The van der Waals surface area contributed by atoms with Crippen LogP contribution in [0.5, 0.6) is 0 Å². The molecule has 90 valence electrons. The summed E-state index contributed by atoms with van der Waals surface area (Å²) < 4.78 is 26.6. The second kappa shape index (κ2) is 3.77. The van der Waals surface area contributed by atoms with E-state index in [1.807, 2.05) is 0 Å². The number of rotatable bonds is 2. The van der Waals surface area contributed by atoms with E-state index in [0.29, 0.717) is 5.56 Å². The first-order valence-electron chi connectivity index (χ1n) is 5.71. The molecule has 1 saturated carbocycles. The van der Waals surface area contributed by atoms with Gasteiger partial charge in [0.05, 0.1) is 5.69 Å². The molecule has 0 radical (unpaired) electrons. The highest BCUT2D eigenvalue weighted by Crippen LogP contribution is 2.35. The minimum absolute atomic E-state index is 0.105. The van der Waals surface area contributed by atoms with E-state index in [1.165, 1.54) is 6.07 Å². The maximum atomic E-state index is 13.4. The molecular formula is C12H12F2N2O. The summed E-state index contributed by atoms with van der Waals surface area (Å²) in [6.07, 6.45) is 3.16. The van der Waals surface area contributed by atoms with Crippen LogP contribution in [0.1, 0.15) is 30.9 Å². The largest absolute Gasteiger partial charge is 0.322 e. The summed E-state index contributed by atoms with van der Waals surface area (Å²) in [7, 11) is 0. The third kappa shape index (κ3) is 1.70. The lowest BCUT2D eigenvalue weighted by Gasteiger charge is -2.29. The van der Waals surface area contributed by atoms with Gasteiger partial charge in [-0.05, 0) is 18.9 Å². The molecule has 0 aromatic heterocycles. The fourth-order valence-corrected chi connectivity index (χ4v) is 2.27. The summed E-state index contributed by atoms with van der Waals surface area (Å²) in [6, 6.07) is 1.65. The molecule has 1 atom stereocenters. The van der Waals surface area contributed by atoms with E-state index in [2.05, 4.69) is 10.6 Å². The molecule has 1 aromatic rings.